The standard InChI is InChI=1S/C20H15N3O2/c21-9-12-2-1-3-15-13(12)6-7-20(15)16-8-17(11-4-5-11)22-10-14(16)18(24)23-19(20)25/h1-3,8,10-11H,4-7H2,(H,23,24,25). The van der Waals surface area contributed by atoms with Crippen molar-refractivity contribution < 1.29 is 9.59 Å². The van der Waals surface area contributed by atoms with Crippen LogP contribution in [0.4, 0.5) is 0 Å². The van der Waals surface area contributed by atoms with Crippen molar-refractivity contribution in [1.29, 1.82) is 5.26 Å². The second-order valence-corrected chi connectivity index (χ2v) is 7.06. The molecule has 0 bridgehead atoms. The number of benzene rings is 1. The molecule has 5 rings (SSSR count). The Hall–Kier alpha value is -3.00. The van der Waals surface area contributed by atoms with Gasteiger partial charge in [0.15, 0.2) is 0 Å². The van der Waals surface area contributed by atoms with E-state index in [-0.39, 0.29) is 11.8 Å². The fraction of sp³-hybridized carbons (Fsp3) is 0.300. The van der Waals surface area contributed by atoms with E-state index in [2.05, 4.69) is 16.4 Å². The first-order chi connectivity index (χ1) is 12.1. The summed E-state index contributed by atoms with van der Waals surface area (Å²) in [6.07, 6.45) is 5.04. The highest BCUT2D eigenvalue weighted by atomic mass is 16.2. The van der Waals surface area contributed by atoms with Crippen LogP contribution in [0.1, 0.15) is 63.5 Å². The van der Waals surface area contributed by atoms with Gasteiger partial charge in [-0.1, -0.05) is 12.1 Å². The zero-order valence-corrected chi connectivity index (χ0v) is 13.5. The summed E-state index contributed by atoms with van der Waals surface area (Å²) in [5.41, 5.74) is 3.68. The highest BCUT2D eigenvalue weighted by Gasteiger charge is 2.52. The molecule has 1 N–H and O–H groups in total. The highest BCUT2D eigenvalue weighted by molar-refractivity contribution is 6.14. The fourth-order valence-electron chi connectivity index (χ4n) is 4.33. The average Bonchev–Trinajstić information content (AvgIpc) is 3.40. The van der Waals surface area contributed by atoms with Crippen LogP contribution in [0.15, 0.2) is 30.5 Å². The van der Waals surface area contributed by atoms with Crippen LogP contribution in [-0.4, -0.2) is 16.8 Å². The Kier molecular flexibility index (Phi) is 2.73. The molecule has 1 fully saturated rings. The molecule has 2 amide bonds. The molecule has 5 nitrogen and oxygen atoms in total. The fourth-order valence-corrected chi connectivity index (χ4v) is 4.33. The van der Waals surface area contributed by atoms with Crippen LogP contribution in [0.3, 0.4) is 0 Å². The molecule has 1 aromatic carbocycles. The van der Waals surface area contributed by atoms with E-state index in [0.29, 0.717) is 29.9 Å². The lowest BCUT2D eigenvalue weighted by Gasteiger charge is -2.35. The molecule has 1 atom stereocenters. The predicted molar refractivity (Wildman–Crippen MR) is 88.9 cm³/mol. The SMILES string of the molecule is N#Cc1cccc2c1CCC21C(=O)NC(=O)c2cnc(C3CC3)cc21. The number of amides is 2. The topological polar surface area (TPSA) is 82.9 Å². The molecule has 3 aliphatic rings. The number of carbonyl (C=O) groups is 2. The maximum atomic E-state index is 13.0. The van der Waals surface area contributed by atoms with Crippen molar-refractivity contribution in [3.05, 3.63) is 64.0 Å². The third-order valence-electron chi connectivity index (χ3n) is 5.75. The van der Waals surface area contributed by atoms with Crippen molar-refractivity contribution in [3.8, 4) is 6.07 Å². The summed E-state index contributed by atoms with van der Waals surface area (Å²) in [5, 5.41) is 11.9. The Morgan fingerprint density at radius 2 is 2.08 bits per heavy atom. The normalized spacial score (nSPS) is 23.8. The summed E-state index contributed by atoms with van der Waals surface area (Å²) in [6.45, 7) is 0. The molecule has 2 aliphatic carbocycles. The minimum absolute atomic E-state index is 0.285. The van der Waals surface area contributed by atoms with Crippen LogP contribution in [0.25, 0.3) is 0 Å². The summed E-state index contributed by atoms with van der Waals surface area (Å²) < 4.78 is 0. The summed E-state index contributed by atoms with van der Waals surface area (Å²) >= 11 is 0. The molecular formula is C20H15N3O2. The monoisotopic (exact) mass is 329 g/mol. The Labute approximate surface area is 144 Å². The van der Waals surface area contributed by atoms with Gasteiger partial charge in [0.25, 0.3) is 5.91 Å². The van der Waals surface area contributed by atoms with Gasteiger partial charge >= 0.3 is 0 Å². The van der Waals surface area contributed by atoms with Crippen molar-refractivity contribution in [3.63, 3.8) is 0 Å². The lowest BCUT2D eigenvalue weighted by Crippen LogP contribution is -2.51. The summed E-state index contributed by atoms with van der Waals surface area (Å²) in [7, 11) is 0. The minimum Gasteiger partial charge on any atom is -0.291 e. The summed E-state index contributed by atoms with van der Waals surface area (Å²) in [4.78, 5) is 29.8. The predicted octanol–water partition coefficient (Wildman–Crippen LogP) is 2.33. The number of nitrogens with one attached hydrogen (secondary N) is 1. The quantitative estimate of drug-likeness (QED) is 0.814. The van der Waals surface area contributed by atoms with Crippen LogP contribution < -0.4 is 5.32 Å². The lowest BCUT2D eigenvalue weighted by molar-refractivity contribution is -0.124. The third kappa shape index (κ3) is 1.79. The molecule has 5 heteroatoms. The van der Waals surface area contributed by atoms with Gasteiger partial charge in [-0.15, -0.1) is 0 Å². The van der Waals surface area contributed by atoms with Crippen LogP contribution in [0.2, 0.25) is 0 Å². The van der Waals surface area contributed by atoms with Crippen molar-refractivity contribution in [2.45, 2.75) is 37.0 Å². The number of rotatable bonds is 1. The van der Waals surface area contributed by atoms with Gasteiger partial charge in [0.2, 0.25) is 5.91 Å². The number of nitriles is 1. The third-order valence-corrected chi connectivity index (χ3v) is 5.75. The average molecular weight is 329 g/mol. The van der Waals surface area contributed by atoms with Gasteiger partial charge in [0.1, 0.15) is 5.41 Å². The molecule has 0 radical (unpaired) electrons. The molecule has 25 heavy (non-hydrogen) atoms. The first kappa shape index (κ1) is 14.4. The zero-order valence-electron chi connectivity index (χ0n) is 13.5. The number of carbonyl (C=O) groups excluding carboxylic acids is 2. The molecule has 1 saturated carbocycles. The van der Waals surface area contributed by atoms with Crippen molar-refractivity contribution >= 4 is 11.8 Å². The maximum Gasteiger partial charge on any atom is 0.259 e. The number of imide groups is 1. The maximum absolute atomic E-state index is 13.0. The molecule has 1 aromatic heterocycles. The first-order valence-electron chi connectivity index (χ1n) is 8.54. The minimum atomic E-state index is -0.891. The van der Waals surface area contributed by atoms with Gasteiger partial charge in [-0.3, -0.25) is 19.9 Å². The van der Waals surface area contributed by atoms with Gasteiger partial charge in [0, 0.05) is 17.8 Å². The van der Waals surface area contributed by atoms with E-state index >= 15 is 0 Å². The van der Waals surface area contributed by atoms with Crippen molar-refractivity contribution in [2.24, 2.45) is 0 Å². The molecule has 2 heterocycles. The van der Waals surface area contributed by atoms with Gasteiger partial charge in [-0.2, -0.15) is 5.26 Å². The van der Waals surface area contributed by atoms with Crippen molar-refractivity contribution in [2.75, 3.05) is 0 Å². The largest absolute Gasteiger partial charge is 0.291 e. The Bertz CT molecular complexity index is 1000. The number of nitrogens with zero attached hydrogens (tertiary/aromatic N) is 2. The number of pyridine rings is 1. The highest BCUT2D eigenvalue weighted by Crippen LogP contribution is 2.49. The van der Waals surface area contributed by atoms with Crippen LogP contribution in [0, 0.1) is 11.3 Å². The van der Waals surface area contributed by atoms with Gasteiger partial charge in [-0.05, 0) is 54.5 Å². The van der Waals surface area contributed by atoms with E-state index in [9.17, 15) is 14.9 Å². The van der Waals surface area contributed by atoms with Crippen LogP contribution >= 0.6 is 0 Å². The second kappa shape index (κ2) is 4.76. The molecule has 2 aromatic rings. The van der Waals surface area contributed by atoms with E-state index in [1.807, 2.05) is 18.2 Å². The van der Waals surface area contributed by atoms with E-state index < -0.39 is 5.41 Å². The van der Waals surface area contributed by atoms with E-state index in [1.165, 1.54) is 0 Å². The molecule has 122 valence electrons. The van der Waals surface area contributed by atoms with Crippen LogP contribution in [-0.2, 0) is 16.6 Å². The van der Waals surface area contributed by atoms with E-state index in [4.69, 9.17) is 0 Å². The second-order valence-electron chi connectivity index (χ2n) is 7.06. The summed E-state index contributed by atoms with van der Waals surface area (Å²) in [6, 6.07) is 9.70. The van der Waals surface area contributed by atoms with Gasteiger partial charge in [-0.25, -0.2) is 0 Å². The van der Waals surface area contributed by atoms with Crippen LogP contribution in [0.5, 0.6) is 0 Å². The molecule has 1 aliphatic heterocycles. The number of hydrogen-bond donors (Lipinski definition) is 1. The first-order valence-corrected chi connectivity index (χ1v) is 8.54. The van der Waals surface area contributed by atoms with Crippen molar-refractivity contribution in [1.82, 2.24) is 10.3 Å². The van der Waals surface area contributed by atoms with E-state index in [1.54, 1.807) is 12.3 Å². The lowest BCUT2D eigenvalue weighted by atomic mass is 9.70. The Morgan fingerprint density at radius 1 is 1.24 bits per heavy atom. The molecule has 0 saturated heterocycles. The van der Waals surface area contributed by atoms with E-state index in [0.717, 1.165) is 35.2 Å². The number of fused-ring (bicyclic) bond motifs is 4. The molecule has 1 spiro atoms. The zero-order chi connectivity index (χ0) is 17.2. The Balaban J connectivity index is 1.81. The van der Waals surface area contributed by atoms with Gasteiger partial charge in [0.05, 0.1) is 17.2 Å². The van der Waals surface area contributed by atoms with Gasteiger partial charge < -0.3 is 0 Å². The number of aromatic nitrogens is 1. The summed E-state index contributed by atoms with van der Waals surface area (Å²) in [5.74, 6) is -0.231. The smallest absolute Gasteiger partial charge is 0.259 e. The Morgan fingerprint density at radius 3 is 2.84 bits per heavy atom. The number of hydrogen-bond acceptors (Lipinski definition) is 4. The molecular weight excluding hydrogens is 314 g/mol. The molecule has 1 unspecified atom stereocenters.